The van der Waals surface area contributed by atoms with Crippen molar-refractivity contribution in [2.45, 2.75) is 213 Å². The van der Waals surface area contributed by atoms with E-state index in [4.69, 9.17) is 0 Å². The quantitative estimate of drug-likeness (QED) is 0.0775. The first-order chi connectivity index (χ1) is 23.1. The zero-order valence-corrected chi connectivity index (χ0v) is 31.3. The number of hydrogen-bond acceptors (Lipinski definition) is 2. The molecular formula is C45H76O2. The lowest BCUT2D eigenvalue weighted by Crippen LogP contribution is -1.95. The molecule has 2 rings (SSSR count). The predicted molar refractivity (Wildman–Crippen MR) is 207 cm³/mol. The molecule has 0 aliphatic rings. The normalized spacial score (nSPS) is 11.4. The molecule has 0 saturated heterocycles. The molecule has 0 amide bonds. The summed E-state index contributed by atoms with van der Waals surface area (Å²) in [6.07, 6.45) is 41.4. The molecule has 0 aliphatic carbocycles. The summed E-state index contributed by atoms with van der Waals surface area (Å²) >= 11 is 0. The standard InChI is InChI=1S/C45H76O2/c1-3-5-7-9-11-13-15-17-19-21-23-25-27-29-31-40-33-35-44(46)42(37-40)39-43-38-41(34-36-45(43)47)32-30-28-26-24-22-20-18-16-14-12-10-8-6-4-2/h33-38,46-47H,3-32,39H2,1-2H3. The molecule has 0 heterocycles. The minimum Gasteiger partial charge on any atom is -0.508 e. The molecule has 0 bridgehead atoms. The summed E-state index contributed by atoms with van der Waals surface area (Å²) in [6.45, 7) is 4.58. The van der Waals surface area contributed by atoms with Crippen LogP contribution in [0, 0.1) is 0 Å². The maximum Gasteiger partial charge on any atom is 0.119 e. The Morgan fingerprint density at radius 3 is 0.872 bits per heavy atom. The molecule has 2 heteroatoms. The van der Waals surface area contributed by atoms with Crippen LogP contribution in [0.3, 0.4) is 0 Å². The van der Waals surface area contributed by atoms with Crippen molar-refractivity contribution in [1.82, 2.24) is 0 Å². The second-order valence-electron chi connectivity index (χ2n) is 14.8. The van der Waals surface area contributed by atoms with Gasteiger partial charge in [0.2, 0.25) is 0 Å². The molecule has 268 valence electrons. The minimum absolute atomic E-state index is 0.339. The van der Waals surface area contributed by atoms with Crippen LogP contribution in [0.1, 0.15) is 216 Å². The average Bonchev–Trinajstić information content (AvgIpc) is 3.07. The molecule has 2 aromatic rings. The zero-order valence-electron chi connectivity index (χ0n) is 31.3. The number of phenolic OH excluding ortho intramolecular Hbond substituents is 2. The summed E-state index contributed by atoms with van der Waals surface area (Å²) in [7, 11) is 0. The van der Waals surface area contributed by atoms with E-state index in [1.165, 1.54) is 191 Å². The second-order valence-corrected chi connectivity index (χ2v) is 14.8. The zero-order chi connectivity index (χ0) is 33.6. The lowest BCUT2D eigenvalue weighted by molar-refractivity contribution is 0.462. The lowest BCUT2D eigenvalue weighted by Gasteiger charge is -2.11. The summed E-state index contributed by atoms with van der Waals surface area (Å²) in [5.74, 6) is 0.679. The van der Waals surface area contributed by atoms with Crippen LogP contribution in [0.2, 0.25) is 0 Å². The van der Waals surface area contributed by atoms with Crippen molar-refractivity contribution in [2.75, 3.05) is 0 Å². The molecule has 0 aromatic heterocycles. The van der Waals surface area contributed by atoms with Gasteiger partial charge in [-0.1, -0.05) is 205 Å². The van der Waals surface area contributed by atoms with Gasteiger partial charge in [-0.25, -0.2) is 0 Å². The topological polar surface area (TPSA) is 40.5 Å². The second kappa shape index (κ2) is 29.0. The molecule has 47 heavy (non-hydrogen) atoms. The Labute approximate surface area is 292 Å². The minimum atomic E-state index is 0.339. The maximum absolute atomic E-state index is 10.6. The summed E-state index contributed by atoms with van der Waals surface area (Å²) in [4.78, 5) is 0. The van der Waals surface area contributed by atoms with Crippen molar-refractivity contribution in [3.8, 4) is 11.5 Å². The fraction of sp³-hybridized carbons (Fsp3) is 0.733. The van der Waals surface area contributed by atoms with Crippen LogP contribution >= 0.6 is 0 Å². The number of aryl methyl sites for hydroxylation is 2. The maximum atomic E-state index is 10.6. The molecule has 2 nitrogen and oxygen atoms in total. The highest BCUT2D eigenvalue weighted by Crippen LogP contribution is 2.28. The van der Waals surface area contributed by atoms with Gasteiger partial charge >= 0.3 is 0 Å². The van der Waals surface area contributed by atoms with E-state index >= 15 is 0 Å². The van der Waals surface area contributed by atoms with E-state index in [9.17, 15) is 10.2 Å². The van der Waals surface area contributed by atoms with E-state index in [1.54, 1.807) is 0 Å². The van der Waals surface area contributed by atoms with Crippen LogP contribution in [-0.4, -0.2) is 10.2 Å². The van der Waals surface area contributed by atoms with Gasteiger partial charge in [-0.05, 0) is 60.1 Å². The third kappa shape index (κ3) is 21.6. The number of unbranched alkanes of at least 4 members (excludes halogenated alkanes) is 26. The number of aromatic hydroxyl groups is 2. The molecule has 0 aliphatic heterocycles. The molecule has 0 spiro atoms. The van der Waals surface area contributed by atoms with Gasteiger partial charge in [0.25, 0.3) is 0 Å². The number of phenols is 2. The van der Waals surface area contributed by atoms with Crippen molar-refractivity contribution in [2.24, 2.45) is 0 Å². The lowest BCUT2D eigenvalue weighted by atomic mass is 9.96. The molecular weight excluding hydrogens is 572 g/mol. The van der Waals surface area contributed by atoms with Crippen LogP contribution in [0.5, 0.6) is 11.5 Å². The highest BCUT2D eigenvalue weighted by Gasteiger charge is 2.09. The monoisotopic (exact) mass is 649 g/mol. The van der Waals surface area contributed by atoms with E-state index in [1.807, 2.05) is 12.1 Å². The van der Waals surface area contributed by atoms with Gasteiger partial charge in [-0.15, -0.1) is 0 Å². The predicted octanol–water partition coefficient (Wildman–Crippen LogP) is 14.7. The highest BCUT2D eigenvalue weighted by molar-refractivity contribution is 5.44. The summed E-state index contributed by atoms with van der Waals surface area (Å²) in [5.41, 5.74) is 4.46. The SMILES string of the molecule is CCCCCCCCCCCCCCCCc1ccc(O)c(Cc2cc(CCCCCCCCCCCCCCCC)ccc2O)c1. The molecule has 2 N–H and O–H groups in total. The van der Waals surface area contributed by atoms with E-state index in [0.29, 0.717) is 17.9 Å². The Hall–Kier alpha value is -1.96. The van der Waals surface area contributed by atoms with E-state index < -0.39 is 0 Å². The molecule has 2 aromatic carbocycles. The molecule has 0 unspecified atom stereocenters. The summed E-state index contributed by atoms with van der Waals surface area (Å²) < 4.78 is 0. The van der Waals surface area contributed by atoms with E-state index in [-0.39, 0.29) is 0 Å². The van der Waals surface area contributed by atoms with Gasteiger partial charge in [0.1, 0.15) is 11.5 Å². The largest absolute Gasteiger partial charge is 0.508 e. The molecule has 0 saturated carbocycles. The molecule has 0 atom stereocenters. The Morgan fingerprint density at radius 1 is 0.340 bits per heavy atom. The van der Waals surface area contributed by atoms with Gasteiger partial charge in [-0.2, -0.15) is 0 Å². The van der Waals surface area contributed by atoms with Crippen LogP contribution in [-0.2, 0) is 19.3 Å². The van der Waals surface area contributed by atoms with E-state index in [0.717, 1.165) is 24.0 Å². The van der Waals surface area contributed by atoms with Crippen molar-refractivity contribution in [1.29, 1.82) is 0 Å². The van der Waals surface area contributed by atoms with Crippen molar-refractivity contribution >= 4 is 0 Å². The van der Waals surface area contributed by atoms with Crippen LogP contribution in [0.25, 0.3) is 0 Å². The first-order valence-electron chi connectivity index (χ1n) is 20.8. The van der Waals surface area contributed by atoms with Crippen molar-refractivity contribution < 1.29 is 10.2 Å². The number of rotatable bonds is 32. The van der Waals surface area contributed by atoms with Gasteiger partial charge in [-0.3, -0.25) is 0 Å². The average molecular weight is 649 g/mol. The first kappa shape index (κ1) is 41.2. The Morgan fingerprint density at radius 2 is 0.596 bits per heavy atom. The fourth-order valence-corrected chi connectivity index (χ4v) is 7.12. The Bertz CT molecular complexity index is 916. The third-order valence-corrected chi connectivity index (χ3v) is 10.3. The van der Waals surface area contributed by atoms with E-state index in [2.05, 4.69) is 38.1 Å². The van der Waals surface area contributed by atoms with Crippen LogP contribution in [0.15, 0.2) is 36.4 Å². The Balaban J connectivity index is 1.57. The fourth-order valence-electron chi connectivity index (χ4n) is 7.12. The van der Waals surface area contributed by atoms with Gasteiger partial charge in [0, 0.05) is 6.42 Å². The first-order valence-corrected chi connectivity index (χ1v) is 20.8. The number of hydrogen-bond donors (Lipinski definition) is 2. The smallest absolute Gasteiger partial charge is 0.119 e. The third-order valence-electron chi connectivity index (χ3n) is 10.3. The molecule has 0 fully saturated rings. The summed E-state index contributed by atoms with van der Waals surface area (Å²) in [6, 6.07) is 12.2. The molecule has 0 radical (unpaired) electrons. The number of benzene rings is 2. The Kier molecular flexibility index (Phi) is 25.4. The van der Waals surface area contributed by atoms with Gasteiger partial charge in [0.15, 0.2) is 0 Å². The van der Waals surface area contributed by atoms with Gasteiger partial charge < -0.3 is 10.2 Å². The summed E-state index contributed by atoms with van der Waals surface area (Å²) in [5, 5.41) is 21.2. The van der Waals surface area contributed by atoms with Crippen molar-refractivity contribution in [3.63, 3.8) is 0 Å². The van der Waals surface area contributed by atoms with Gasteiger partial charge in [0.05, 0.1) is 0 Å². The van der Waals surface area contributed by atoms with Crippen molar-refractivity contribution in [3.05, 3.63) is 58.7 Å². The highest BCUT2D eigenvalue weighted by atomic mass is 16.3. The van der Waals surface area contributed by atoms with Crippen LogP contribution in [0.4, 0.5) is 0 Å². The van der Waals surface area contributed by atoms with Crippen LogP contribution < -0.4 is 0 Å².